The Morgan fingerprint density at radius 3 is 3.08 bits per heavy atom. The zero-order valence-electron chi connectivity index (χ0n) is 7.90. The van der Waals surface area contributed by atoms with Crippen molar-refractivity contribution in [3.8, 4) is 12.3 Å². The number of terminal acetylenes is 1. The molecular formula is C11H14N2. The lowest BCUT2D eigenvalue weighted by Crippen LogP contribution is -2.18. The average Bonchev–Trinajstić information content (AvgIpc) is 2.16. The van der Waals surface area contributed by atoms with Gasteiger partial charge in [-0.1, -0.05) is 6.07 Å². The summed E-state index contributed by atoms with van der Waals surface area (Å²) in [6, 6.07) is 4.02. The summed E-state index contributed by atoms with van der Waals surface area (Å²) < 4.78 is 0. The fourth-order valence-corrected chi connectivity index (χ4v) is 1.14. The monoisotopic (exact) mass is 174 g/mol. The van der Waals surface area contributed by atoms with E-state index in [2.05, 4.69) is 28.9 Å². The Hall–Kier alpha value is -1.33. The highest BCUT2D eigenvalue weighted by Gasteiger charge is 1.97. The minimum Gasteiger partial charge on any atom is -0.301 e. The Kier molecular flexibility index (Phi) is 4.01. The molecule has 1 heterocycles. The number of rotatable bonds is 4. The standard InChI is InChI=1S/C11H14N2/c1-3-4-8-13(2)10-11-6-5-7-12-9-11/h1,5-7,9H,4,8,10H2,2H3. The molecule has 1 aromatic heterocycles. The van der Waals surface area contributed by atoms with Crippen LogP contribution in [0.3, 0.4) is 0 Å². The summed E-state index contributed by atoms with van der Waals surface area (Å²) in [6.45, 7) is 1.85. The molecule has 1 rings (SSSR count). The quantitative estimate of drug-likeness (QED) is 0.644. The second-order valence-corrected chi connectivity index (χ2v) is 3.05. The average molecular weight is 174 g/mol. The van der Waals surface area contributed by atoms with E-state index in [-0.39, 0.29) is 0 Å². The van der Waals surface area contributed by atoms with E-state index in [4.69, 9.17) is 6.42 Å². The number of hydrogen-bond acceptors (Lipinski definition) is 2. The molecule has 0 amide bonds. The lowest BCUT2D eigenvalue weighted by molar-refractivity contribution is 0.335. The largest absolute Gasteiger partial charge is 0.301 e. The van der Waals surface area contributed by atoms with Gasteiger partial charge in [-0.05, 0) is 18.7 Å². The van der Waals surface area contributed by atoms with Crippen molar-refractivity contribution < 1.29 is 0 Å². The lowest BCUT2D eigenvalue weighted by Gasteiger charge is -2.14. The first-order valence-electron chi connectivity index (χ1n) is 4.34. The van der Waals surface area contributed by atoms with Crippen molar-refractivity contribution in [3.63, 3.8) is 0 Å². The van der Waals surface area contributed by atoms with Gasteiger partial charge in [0.1, 0.15) is 0 Å². The van der Waals surface area contributed by atoms with Gasteiger partial charge >= 0.3 is 0 Å². The number of hydrogen-bond donors (Lipinski definition) is 0. The second kappa shape index (κ2) is 5.34. The summed E-state index contributed by atoms with van der Waals surface area (Å²) in [6.07, 6.45) is 9.65. The van der Waals surface area contributed by atoms with Gasteiger partial charge in [-0.25, -0.2) is 0 Å². The molecule has 0 atom stereocenters. The molecule has 0 saturated carbocycles. The fourth-order valence-electron chi connectivity index (χ4n) is 1.14. The topological polar surface area (TPSA) is 16.1 Å². The molecule has 0 bridgehead atoms. The van der Waals surface area contributed by atoms with E-state index >= 15 is 0 Å². The highest BCUT2D eigenvalue weighted by molar-refractivity contribution is 5.07. The molecule has 0 spiro atoms. The van der Waals surface area contributed by atoms with Gasteiger partial charge in [0.25, 0.3) is 0 Å². The highest BCUT2D eigenvalue weighted by Crippen LogP contribution is 2.00. The molecule has 2 nitrogen and oxygen atoms in total. The summed E-state index contributed by atoms with van der Waals surface area (Å²) in [5, 5.41) is 0. The number of aromatic nitrogens is 1. The van der Waals surface area contributed by atoms with E-state index in [1.807, 2.05) is 12.3 Å². The van der Waals surface area contributed by atoms with Crippen LogP contribution < -0.4 is 0 Å². The van der Waals surface area contributed by atoms with Crippen molar-refractivity contribution in [2.24, 2.45) is 0 Å². The van der Waals surface area contributed by atoms with Crippen molar-refractivity contribution in [2.45, 2.75) is 13.0 Å². The minimum absolute atomic E-state index is 0.802. The number of nitrogens with zero attached hydrogens (tertiary/aromatic N) is 2. The van der Waals surface area contributed by atoms with Crippen molar-refractivity contribution in [3.05, 3.63) is 30.1 Å². The zero-order valence-corrected chi connectivity index (χ0v) is 7.90. The van der Waals surface area contributed by atoms with Crippen molar-refractivity contribution in [1.82, 2.24) is 9.88 Å². The SMILES string of the molecule is C#CCCN(C)Cc1cccnc1. The molecule has 1 aromatic rings. The first-order chi connectivity index (χ1) is 6.33. The van der Waals surface area contributed by atoms with E-state index in [9.17, 15) is 0 Å². The highest BCUT2D eigenvalue weighted by atomic mass is 15.1. The fraction of sp³-hybridized carbons (Fsp3) is 0.364. The second-order valence-electron chi connectivity index (χ2n) is 3.05. The van der Waals surface area contributed by atoms with Gasteiger partial charge in [-0.3, -0.25) is 4.98 Å². The Morgan fingerprint density at radius 2 is 2.46 bits per heavy atom. The van der Waals surface area contributed by atoms with Gasteiger partial charge in [0.15, 0.2) is 0 Å². The maximum Gasteiger partial charge on any atom is 0.0312 e. The third-order valence-electron chi connectivity index (χ3n) is 1.81. The summed E-state index contributed by atoms with van der Waals surface area (Å²) in [4.78, 5) is 6.24. The third kappa shape index (κ3) is 3.73. The maximum atomic E-state index is 5.18. The number of pyridine rings is 1. The Labute approximate surface area is 79.6 Å². The molecule has 2 heteroatoms. The van der Waals surface area contributed by atoms with Gasteiger partial charge in [0, 0.05) is 31.9 Å². The molecule has 13 heavy (non-hydrogen) atoms. The van der Waals surface area contributed by atoms with Gasteiger partial charge in [-0.2, -0.15) is 0 Å². The molecule has 0 saturated heterocycles. The van der Waals surface area contributed by atoms with Crippen LogP contribution in [0.1, 0.15) is 12.0 Å². The summed E-state index contributed by atoms with van der Waals surface area (Å²) >= 11 is 0. The van der Waals surface area contributed by atoms with Crippen LogP contribution in [0.4, 0.5) is 0 Å². The molecule has 68 valence electrons. The van der Waals surface area contributed by atoms with Crippen molar-refractivity contribution in [2.75, 3.05) is 13.6 Å². The zero-order chi connectivity index (χ0) is 9.52. The van der Waals surface area contributed by atoms with E-state index in [0.29, 0.717) is 0 Å². The summed E-state index contributed by atoms with van der Waals surface area (Å²) in [5.74, 6) is 2.63. The molecule has 0 radical (unpaired) electrons. The Morgan fingerprint density at radius 1 is 1.62 bits per heavy atom. The Bertz CT molecular complexity index is 274. The molecule has 0 unspecified atom stereocenters. The van der Waals surface area contributed by atoms with E-state index in [1.54, 1.807) is 6.20 Å². The van der Waals surface area contributed by atoms with Crippen LogP contribution in [-0.2, 0) is 6.54 Å². The van der Waals surface area contributed by atoms with Crippen LogP contribution in [0.25, 0.3) is 0 Å². The van der Waals surface area contributed by atoms with Crippen LogP contribution in [-0.4, -0.2) is 23.5 Å². The maximum absolute atomic E-state index is 5.18. The molecular weight excluding hydrogens is 160 g/mol. The third-order valence-corrected chi connectivity index (χ3v) is 1.81. The minimum atomic E-state index is 0.802. The van der Waals surface area contributed by atoms with Crippen LogP contribution in [0.2, 0.25) is 0 Å². The molecule has 0 aromatic carbocycles. The predicted octanol–water partition coefficient (Wildman–Crippen LogP) is 1.54. The van der Waals surface area contributed by atoms with Gasteiger partial charge in [-0.15, -0.1) is 12.3 Å². The van der Waals surface area contributed by atoms with Gasteiger partial charge in [0.2, 0.25) is 0 Å². The van der Waals surface area contributed by atoms with E-state index < -0.39 is 0 Å². The first kappa shape index (κ1) is 9.76. The van der Waals surface area contributed by atoms with Crippen LogP contribution >= 0.6 is 0 Å². The lowest BCUT2D eigenvalue weighted by atomic mass is 10.2. The van der Waals surface area contributed by atoms with E-state index in [0.717, 1.165) is 19.5 Å². The smallest absolute Gasteiger partial charge is 0.0312 e. The normalized spacial score (nSPS) is 9.92. The molecule has 0 N–H and O–H groups in total. The Balaban J connectivity index is 2.37. The molecule has 0 fully saturated rings. The molecule has 0 aliphatic heterocycles. The van der Waals surface area contributed by atoms with Gasteiger partial charge < -0.3 is 4.90 Å². The predicted molar refractivity (Wildman–Crippen MR) is 54.0 cm³/mol. The van der Waals surface area contributed by atoms with Crippen molar-refractivity contribution >= 4 is 0 Å². The van der Waals surface area contributed by atoms with Gasteiger partial charge in [0.05, 0.1) is 0 Å². The van der Waals surface area contributed by atoms with Crippen LogP contribution in [0, 0.1) is 12.3 Å². The van der Waals surface area contributed by atoms with Crippen molar-refractivity contribution in [1.29, 1.82) is 0 Å². The molecule has 0 aliphatic carbocycles. The first-order valence-corrected chi connectivity index (χ1v) is 4.34. The summed E-state index contributed by atoms with van der Waals surface area (Å²) in [5.41, 5.74) is 1.22. The van der Waals surface area contributed by atoms with Crippen LogP contribution in [0.5, 0.6) is 0 Å². The van der Waals surface area contributed by atoms with E-state index in [1.165, 1.54) is 5.56 Å². The van der Waals surface area contributed by atoms with Crippen LogP contribution in [0.15, 0.2) is 24.5 Å². The molecule has 0 aliphatic rings. The summed E-state index contributed by atoms with van der Waals surface area (Å²) in [7, 11) is 2.06.